The highest BCUT2D eigenvalue weighted by Gasteiger charge is 2.24. The molecule has 0 aliphatic rings. The van der Waals surface area contributed by atoms with Crippen LogP contribution in [-0.4, -0.2) is 35.9 Å². The number of amides is 1. The standard InChI is InChI=1S/C12H21NO5/c1-8(14)6-7-9(10(15)17-5)13-11(16)18-12(2,3)4/h9,14H,1,6-7H2,2-5H3,(H,13,16). The van der Waals surface area contributed by atoms with E-state index in [1.54, 1.807) is 20.8 Å². The van der Waals surface area contributed by atoms with Crippen LogP contribution in [0.1, 0.15) is 33.6 Å². The molecule has 0 aliphatic carbocycles. The second-order valence-corrected chi connectivity index (χ2v) is 4.83. The van der Waals surface area contributed by atoms with Crippen molar-refractivity contribution in [3.8, 4) is 0 Å². The summed E-state index contributed by atoms with van der Waals surface area (Å²) >= 11 is 0. The average molecular weight is 259 g/mol. The van der Waals surface area contributed by atoms with Crippen LogP contribution >= 0.6 is 0 Å². The van der Waals surface area contributed by atoms with E-state index in [0.29, 0.717) is 0 Å². The molecule has 0 aromatic rings. The number of aliphatic hydroxyl groups excluding tert-OH is 1. The van der Waals surface area contributed by atoms with Gasteiger partial charge in [-0.15, -0.1) is 0 Å². The number of nitrogens with one attached hydrogen (secondary N) is 1. The lowest BCUT2D eigenvalue weighted by Gasteiger charge is -2.22. The Labute approximate surface area is 107 Å². The third-order valence-electron chi connectivity index (χ3n) is 1.90. The van der Waals surface area contributed by atoms with Gasteiger partial charge < -0.3 is 19.9 Å². The Bertz CT molecular complexity index is 319. The van der Waals surface area contributed by atoms with E-state index in [2.05, 4.69) is 16.6 Å². The maximum Gasteiger partial charge on any atom is 0.408 e. The number of rotatable bonds is 5. The molecule has 0 saturated heterocycles. The van der Waals surface area contributed by atoms with Crippen LogP contribution < -0.4 is 5.32 Å². The zero-order valence-corrected chi connectivity index (χ0v) is 11.3. The quantitative estimate of drug-likeness (QED) is 0.582. The summed E-state index contributed by atoms with van der Waals surface area (Å²) in [5.74, 6) is -0.656. The lowest BCUT2D eigenvalue weighted by Crippen LogP contribution is -2.44. The van der Waals surface area contributed by atoms with Crippen LogP contribution in [0.4, 0.5) is 4.79 Å². The second kappa shape index (κ2) is 6.88. The molecule has 1 atom stereocenters. The minimum absolute atomic E-state index is 0.0603. The van der Waals surface area contributed by atoms with Crippen LogP contribution in [0.5, 0.6) is 0 Å². The van der Waals surface area contributed by atoms with E-state index in [1.165, 1.54) is 7.11 Å². The van der Waals surface area contributed by atoms with Crippen LogP contribution in [0.3, 0.4) is 0 Å². The molecule has 0 radical (unpaired) electrons. The monoisotopic (exact) mass is 259 g/mol. The SMILES string of the molecule is C=C(O)CCC(NC(=O)OC(C)(C)C)C(=O)OC. The second-order valence-electron chi connectivity index (χ2n) is 4.83. The molecule has 0 aliphatic heterocycles. The average Bonchev–Trinajstić information content (AvgIpc) is 2.20. The fourth-order valence-corrected chi connectivity index (χ4v) is 1.15. The molecular weight excluding hydrogens is 238 g/mol. The fraction of sp³-hybridized carbons (Fsp3) is 0.667. The first-order chi connectivity index (χ1) is 8.15. The summed E-state index contributed by atoms with van der Waals surface area (Å²) in [7, 11) is 1.22. The van der Waals surface area contributed by atoms with Gasteiger partial charge in [0.05, 0.1) is 12.9 Å². The van der Waals surface area contributed by atoms with Gasteiger partial charge in [0.2, 0.25) is 0 Å². The van der Waals surface area contributed by atoms with Gasteiger partial charge in [0.1, 0.15) is 11.6 Å². The van der Waals surface area contributed by atoms with Gasteiger partial charge in [-0.05, 0) is 27.2 Å². The minimum Gasteiger partial charge on any atom is -0.513 e. The Balaban J connectivity index is 4.45. The summed E-state index contributed by atoms with van der Waals surface area (Å²) in [6.07, 6.45) is -0.321. The molecule has 0 rings (SSSR count). The van der Waals surface area contributed by atoms with Gasteiger partial charge >= 0.3 is 12.1 Å². The molecule has 18 heavy (non-hydrogen) atoms. The van der Waals surface area contributed by atoms with Crippen molar-refractivity contribution in [2.24, 2.45) is 0 Å². The molecule has 2 N–H and O–H groups in total. The van der Waals surface area contributed by atoms with E-state index in [1.807, 2.05) is 0 Å². The van der Waals surface area contributed by atoms with Crippen LogP contribution in [-0.2, 0) is 14.3 Å². The van der Waals surface area contributed by atoms with Gasteiger partial charge in [-0.1, -0.05) is 6.58 Å². The Hall–Kier alpha value is -1.72. The predicted molar refractivity (Wildman–Crippen MR) is 66.2 cm³/mol. The van der Waals surface area contributed by atoms with Crippen LogP contribution in [0.15, 0.2) is 12.3 Å². The third-order valence-corrected chi connectivity index (χ3v) is 1.90. The van der Waals surface area contributed by atoms with E-state index in [0.717, 1.165) is 0 Å². The number of hydrogen-bond donors (Lipinski definition) is 2. The molecule has 6 heteroatoms. The molecule has 0 aromatic carbocycles. The summed E-state index contributed by atoms with van der Waals surface area (Å²) in [6, 6.07) is -0.867. The first-order valence-electron chi connectivity index (χ1n) is 5.60. The van der Waals surface area contributed by atoms with E-state index in [4.69, 9.17) is 9.84 Å². The van der Waals surface area contributed by atoms with Gasteiger partial charge in [0, 0.05) is 6.42 Å². The zero-order valence-electron chi connectivity index (χ0n) is 11.3. The molecule has 0 spiro atoms. The topological polar surface area (TPSA) is 84.9 Å². The number of methoxy groups -OCH3 is 1. The van der Waals surface area contributed by atoms with E-state index >= 15 is 0 Å². The van der Waals surface area contributed by atoms with Gasteiger partial charge in [0.25, 0.3) is 0 Å². The number of hydrogen-bond acceptors (Lipinski definition) is 5. The van der Waals surface area contributed by atoms with Gasteiger partial charge in [0.15, 0.2) is 0 Å². The van der Waals surface area contributed by atoms with Crippen LogP contribution in [0.2, 0.25) is 0 Å². The molecule has 6 nitrogen and oxygen atoms in total. The van der Waals surface area contributed by atoms with Crippen molar-refractivity contribution < 1.29 is 24.2 Å². The zero-order chi connectivity index (χ0) is 14.3. The smallest absolute Gasteiger partial charge is 0.408 e. The van der Waals surface area contributed by atoms with Gasteiger partial charge in [-0.2, -0.15) is 0 Å². The number of aliphatic hydroxyl groups is 1. The summed E-state index contributed by atoms with van der Waals surface area (Å²) < 4.78 is 9.58. The molecule has 1 unspecified atom stereocenters. The number of carbonyl (C=O) groups is 2. The summed E-state index contributed by atoms with van der Waals surface area (Å²) in [6.45, 7) is 8.46. The molecule has 0 aromatic heterocycles. The Morgan fingerprint density at radius 3 is 2.33 bits per heavy atom. The number of alkyl carbamates (subject to hydrolysis) is 1. The molecule has 0 fully saturated rings. The first kappa shape index (κ1) is 16.3. The molecule has 0 saturated carbocycles. The van der Waals surface area contributed by atoms with Crippen LogP contribution in [0.25, 0.3) is 0 Å². The van der Waals surface area contributed by atoms with Crippen molar-refractivity contribution in [3.05, 3.63) is 12.3 Å². The van der Waals surface area contributed by atoms with Crippen molar-refractivity contribution in [2.45, 2.75) is 45.3 Å². The fourth-order valence-electron chi connectivity index (χ4n) is 1.15. The molecule has 0 bridgehead atoms. The van der Waals surface area contributed by atoms with E-state index < -0.39 is 23.7 Å². The molecular formula is C12H21NO5. The highest BCUT2D eigenvalue weighted by Crippen LogP contribution is 2.09. The lowest BCUT2D eigenvalue weighted by molar-refractivity contribution is -0.143. The van der Waals surface area contributed by atoms with Crippen molar-refractivity contribution in [3.63, 3.8) is 0 Å². The normalized spacial score (nSPS) is 12.4. The van der Waals surface area contributed by atoms with Gasteiger partial charge in [-0.25, -0.2) is 9.59 Å². The number of carbonyl (C=O) groups excluding carboxylic acids is 2. The lowest BCUT2D eigenvalue weighted by atomic mass is 10.1. The van der Waals surface area contributed by atoms with Crippen molar-refractivity contribution in [1.29, 1.82) is 0 Å². The number of esters is 1. The number of allylic oxidation sites excluding steroid dienone is 1. The van der Waals surface area contributed by atoms with E-state index in [-0.39, 0.29) is 18.6 Å². The maximum absolute atomic E-state index is 11.5. The summed E-state index contributed by atoms with van der Waals surface area (Å²) in [5, 5.41) is 11.4. The van der Waals surface area contributed by atoms with Gasteiger partial charge in [-0.3, -0.25) is 0 Å². The van der Waals surface area contributed by atoms with Crippen molar-refractivity contribution in [2.75, 3.05) is 7.11 Å². The molecule has 0 heterocycles. The first-order valence-corrected chi connectivity index (χ1v) is 5.60. The summed E-state index contributed by atoms with van der Waals surface area (Å²) in [5.41, 5.74) is -0.647. The Kier molecular flexibility index (Phi) is 6.22. The predicted octanol–water partition coefficient (Wildman–Crippen LogP) is 1.90. The third kappa shape index (κ3) is 7.54. The molecule has 104 valence electrons. The summed E-state index contributed by atoms with van der Waals surface area (Å²) in [4.78, 5) is 22.9. The van der Waals surface area contributed by atoms with E-state index in [9.17, 15) is 9.59 Å². The Morgan fingerprint density at radius 1 is 1.39 bits per heavy atom. The van der Waals surface area contributed by atoms with Crippen molar-refractivity contribution in [1.82, 2.24) is 5.32 Å². The van der Waals surface area contributed by atoms with Crippen molar-refractivity contribution >= 4 is 12.1 Å². The highest BCUT2D eigenvalue weighted by atomic mass is 16.6. The minimum atomic E-state index is -0.867. The Morgan fingerprint density at radius 2 is 1.94 bits per heavy atom. The largest absolute Gasteiger partial charge is 0.513 e. The van der Waals surface area contributed by atoms with Crippen LogP contribution in [0, 0.1) is 0 Å². The highest BCUT2D eigenvalue weighted by molar-refractivity contribution is 5.81. The molecule has 1 amide bonds. The maximum atomic E-state index is 11.5. The number of ether oxygens (including phenoxy) is 2.